The number of carbonyl (C=O) groups excluding carboxylic acids is 3. The van der Waals surface area contributed by atoms with E-state index in [0.29, 0.717) is 22.8 Å². The van der Waals surface area contributed by atoms with Crippen LogP contribution in [0, 0.1) is 6.92 Å². The van der Waals surface area contributed by atoms with Crippen molar-refractivity contribution in [2.45, 2.75) is 58.7 Å². The second kappa shape index (κ2) is 11.6. The third-order valence-electron chi connectivity index (χ3n) is 5.18. The minimum Gasteiger partial charge on any atom is -0.497 e. The fourth-order valence-corrected chi connectivity index (χ4v) is 3.59. The van der Waals surface area contributed by atoms with E-state index < -0.39 is 17.5 Å². The van der Waals surface area contributed by atoms with Crippen molar-refractivity contribution in [3.05, 3.63) is 65.8 Å². The number of furan rings is 1. The Kier molecular flexibility index (Phi) is 8.52. The molecule has 0 saturated heterocycles. The van der Waals surface area contributed by atoms with Crippen LogP contribution >= 0.6 is 0 Å². The predicted octanol–water partition coefficient (Wildman–Crippen LogP) is 3.99. The molecule has 0 saturated carbocycles. The van der Waals surface area contributed by atoms with Crippen molar-refractivity contribution in [3.8, 4) is 5.75 Å². The van der Waals surface area contributed by atoms with E-state index in [2.05, 4.69) is 15.8 Å². The molecule has 3 aromatic rings. The lowest BCUT2D eigenvalue weighted by Crippen LogP contribution is -2.49. The lowest BCUT2D eigenvalue weighted by molar-refractivity contribution is -0.143. The van der Waals surface area contributed by atoms with Gasteiger partial charge in [-0.3, -0.25) is 14.4 Å². The summed E-state index contributed by atoms with van der Waals surface area (Å²) in [6.45, 7) is 7.35. The normalized spacial score (nSPS) is 12.0. The minimum absolute atomic E-state index is 0.0458. The molecule has 0 aliphatic rings. The zero-order valence-corrected chi connectivity index (χ0v) is 21.2. The molecular formula is C26H32N4O6. The standard InChI is InChI=1S/C26H32N4O6/c1-17-15-21(29-36-17)27-22(31)12-13-23(32)30(16-20-7-6-14-35-20)24(25(33)28-26(2,3)4)18-8-10-19(34-5)11-9-18/h6-11,14-15,24H,12-13,16H2,1-5H3,(H,28,33)(H,27,29,31)/t24-/m1/s1. The van der Waals surface area contributed by atoms with Gasteiger partial charge in [-0.25, -0.2) is 0 Å². The van der Waals surface area contributed by atoms with Gasteiger partial charge in [0.05, 0.1) is 19.9 Å². The topological polar surface area (TPSA) is 127 Å². The highest BCUT2D eigenvalue weighted by Crippen LogP contribution is 2.27. The lowest BCUT2D eigenvalue weighted by Gasteiger charge is -2.33. The van der Waals surface area contributed by atoms with Crippen LogP contribution in [0.5, 0.6) is 5.75 Å². The summed E-state index contributed by atoms with van der Waals surface area (Å²) in [6.07, 6.45) is 1.28. The van der Waals surface area contributed by atoms with Gasteiger partial charge in [-0.1, -0.05) is 17.3 Å². The van der Waals surface area contributed by atoms with Gasteiger partial charge in [-0.05, 0) is 57.5 Å². The van der Waals surface area contributed by atoms with Crippen LogP contribution in [-0.4, -0.2) is 40.4 Å². The van der Waals surface area contributed by atoms with Gasteiger partial charge in [0.2, 0.25) is 17.7 Å². The molecule has 0 aliphatic heterocycles. The molecule has 0 radical (unpaired) electrons. The first-order valence-corrected chi connectivity index (χ1v) is 11.6. The SMILES string of the molecule is COc1ccc([C@H](C(=O)NC(C)(C)C)N(Cc2ccco2)C(=O)CCC(=O)Nc2cc(C)on2)cc1. The quantitative estimate of drug-likeness (QED) is 0.434. The molecule has 36 heavy (non-hydrogen) atoms. The van der Waals surface area contributed by atoms with Crippen LogP contribution in [0.4, 0.5) is 5.82 Å². The number of benzene rings is 1. The summed E-state index contributed by atoms with van der Waals surface area (Å²) in [5.74, 6) is 0.828. The highest BCUT2D eigenvalue weighted by Gasteiger charge is 2.34. The van der Waals surface area contributed by atoms with Crippen molar-refractivity contribution in [2.75, 3.05) is 12.4 Å². The van der Waals surface area contributed by atoms with Crippen molar-refractivity contribution >= 4 is 23.5 Å². The maximum absolute atomic E-state index is 13.5. The number of methoxy groups -OCH3 is 1. The summed E-state index contributed by atoms with van der Waals surface area (Å²) in [7, 11) is 1.55. The van der Waals surface area contributed by atoms with E-state index in [1.165, 1.54) is 11.2 Å². The smallest absolute Gasteiger partial charge is 0.247 e. The molecule has 0 spiro atoms. The molecule has 1 aromatic carbocycles. The summed E-state index contributed by atoms with van der Waals surface area (Å²) < 4.78 is 15.7. The van der Waals surface area contributed by atoms with Crippen LogP contribution in [0.25, 0.3) is 0 Å². The first-order chi connectivity index (χ1) is 17.1. The van der Waals surface area contributed by atoms with Gasteiger partial charge in [-0.2, -0.15) is 0 Å². The van der Waals surface area contributed by atoms with Crippen LogP contribution in [0.15, 0.2) is 57.7 Å². The Morgan fingerprint density at radius 2 is 1.83 bits per heavy atom. The first kappa shape index (κ1) is 26.5. The second-order valence-electron chi connectivity index (χ2n) is 9.39. The molecule has 1 atom stereocenters. The summed E-state index contributed by atoms with van der Waals surface area (Å²) in [4.78, 5) is 40.9. The molecular weight excluding hydrogens is 464 g/mol. The van der Waals surface area contributed by atoms with E-state index in [1.807, 2.05) is 20.8 Å². The van der Waals surface area contributed by atoms with Gasteiger partial charge in [-0.15, -0.1) is 0 Å². The zero-order chi connectivity index (χ0) is 26.3. The van der Waals surface area contributed by atoms with Crippen LogP contribution < -0.4 is 15.4 Å². The van der Waals surface area contributed by atoms with Crippen molar-refractivity contribution in [2.24, 2.45) is 0 Å². The summed E-state index contributed by atoms with van der Waals surface area (Å²) in [6, 6.07) is 11.0. The highest BCUT2D eigenvalue weighted by atomic mass is 16.5. The van der Waals surface area contributed by atoms with E-state index in [-0.39, 0.29) is 37.0 Å². The number of hydrogen-bond donors (Lipinski definition) is 2. The number of aryl methyl sites for hydroxylation is 1. The number of rotatable bonds is 10. The van der Waals surface area contributed by atoms with Gasteiger partial charge in [0.25, 0.3) is 0 Å². The molecule has 10 heteroatoms. The van der Waals surface area contributed by atoms with Crippen molar-refractivity contribution < 1.29 is 28.1 Å². The Hall–Kier alpha value is -4.08. The molecule has 0 bridgehead atoms. The molecule has 2 aromatic heterocycles. The average Bonchev–Trinajstić information content (AvgIpc) is 3.48. The fourth-order valence-electron chi connectivity index (χ4n) is 3.59. The van der Waals surface area contributed by atoms with Crippen molar-refractivity contribution in [1.29, 1.82) is 0 Å². The number of nitrogens with zero attached hydrogens (tertiary/aromatic N) is 2. The fraction of sp³-hybridized carbons (Fsp3) is 0.385. The second-order valence-corrected chi connectivity index (χ2v) is 9.39. The molecule has 0 unspecified atom stereocenters. The molecule has 3 amide bonds. The predicted molar refractivity (Wildman–Crippen MR) is 132 cm³/mol. The van der Waals surface area contributed by atoms with Crippen LogP contribution in [0.2, 0.25) is 0 Å². The van der Waals surface area contributed by atoms with E-state index in [0.717, 1.165) is 0 Å². The van der Waals surface area contributed by atoms with Gasteiger partial charge in [0.15, 0.2) is 5.82 Å². The summed E-state index contributed by atoms with van der Waals surface area (Å²) in [5, 5.41) is 9.30. The van der Waals surface area contributed by atoms with Gasteiger partial charge < -0.3 is 29.2 Å². The average molecular weight is 497 g/mol. The zero-order valence-electron chi connectivity index (χ0n) is 21.2. The minimum atomic E-state index is -0.964. The van der Waals surface area contributed by atoms with Gasteiger partial charge >= 0.3 is 0 Å². The summed E-state index contributed by atoms with van der Waals surface area (Å²) in [5.41, 5.74) is 0.0663. The molecule has 2 N–H and O–H groups in total. The number of ether oxygens (including phenoxy) is 1. The summed E-state index contributed by atoms with van der Waals surface area (Å²) >= 11 is 0. The molecule has 0 aliphatic carbocycles. The van der Waals surface area contributed by atoms with Crippen LogP contribution in [-0.2, 0) is 20.9 Å². The Morgan fingerprint density at radius 1 is 1.11 bits per heavy atom. The lowest BCUT2D eigenvalue weighted by atomic mass is 10.0. The van der Waals surface area contributed by atoms with Gasteiger partial charge in [0.1, 0.15) is 23.3 Å². The molecule has 192 valence electrons. The molecule has 10 nitrogen and oxygen atoms in total. The highest BCUT2D eigenvalue weighted by molar-refractivity contribution is 5.94. The molecule has 3 rings (SSSR count). The van der Waals surface area contributed by atoms with E-state index in [4.69, 9.17) is 13.7 Å². The van der Waals surface area contributed by atoms with Crippen LogP contribution in [0.3, 0.4) is 0 Å². The Balaban J connectivity index is 1.87. The van der Waals surface area contributed by atoms with E-state index in [1.54, 1.807) is 56.5 Å². The number of aromatic nitrogens is 1. The van der Waals surface area contributed by atoms with Crippen molar-refractivity contribution in [3.63, 3.8) is 0 Å². The number of amides is 3. The third-order valence-corrected chi connectivity index (χ3v) is 5.18. The van der Waals surface area contributed by atoms with E-state index in [9.17, 15) is 14.4 Å². The number of carbonyl (C=O) groups is 3. The third kappa shape index (κ3) is 7.46. The van der Waals surface area contributed by atoms with E-state index >= 15 is 0 Å². The number of anilines is 1. The first-order valence-electron chi connectivity index (χ1n) is 11.6. The Bertz CT molecular complexity index is 1160. The Morgan fingerprint density at radius 3 is 2.39 bits per heavy atom. The monoisotopic (exact) mass is 496 g/mol. The van der Waals surface area contributed by atoms with Crippen molar-refractivity contribution in [1.82, 2.24) is 15.4 Å². The molecule has 2 heterocycles. The number of nitrogens with one attached hydrogen (secondary N) is 2. The maximum atomic E-state index is 13.5. The molecule has 0 fully saturated rings. The van der Waals surface area contributed by atoms with Crippen LogP contribution in [0.1, 0.15) is 56.7 Å². The number of hydrogen-bond acceptors (Lipinski definition) is 7. The largest absolute Gasteiger partial charge is 0.497 e. The van der Waals surface area contributed by atoms with Gasteiger partial charge in [0, 0.05) is 24.4 Å². The maximum Gasteiger partial charge on any atom is 0.247 e. The Labute approximate surface area is 210 Å².